The van der Waals surface area contributed by atoms with E-state index in [2.05, 4.69) is 5.32 Å². The van der Waals surface area contributed by atoms with Crippen molar-refractivity contribution in [1.82, 2.24) is 10.2 Å². The molecule has 114 valence electrons. The number of hydrogen-bond acceptors (Lipinski definition) is 3. The van der Waals surface area contributed by atoms with Gasteiger partial charge in [-0.3, -0.25) is 9.59 Å². The second-order valence-electron chi connectivity index (χ2n) is 5.54. The van der Waals surface area contributed by atoms with Gasteiger partial charge in [0.1, 0.15) is 0 Å². The molecule has 1 aromatic rings. The molecular formula is C16H22N2O3. The van der Waals surface area contributed by atoms with Crippen molar-refractivity contribution in [2.75, 3.05) is 19.6 Å². The lowest BCUT2D eigenvalue weighted by molar-refractivity contribution is -0.132. The molecule has 2 amide bonds. The SMILES string of the molecule is Cc1ccc(CCC(=O)NCC(=O)N2CC[C@@H](O)C2)cc1. The first-order valence-corrected chi connectivity index (χ1v) is 7.32. The molecule has 1 fully saturated rings. The molecule has 1 aromatic carbocycles. The molecule has 5 nitrogen and oxygen atoms in total. The number of hydrogen-bond donors (Lipinski definition) is 2. The highest BCUT2D eigenvalue weighted by atomic mass is 16.3. The van der Waals surface area contributed by atoms with Gasteiger partial charge in [-0.25, -0.2) is 0 Å². The summed E-state index contributed by atoms with van der Waals surface area (Å²) in [4.78, 5) is 25.1. The summed E-state index contributed by atoms with van der Waals surface area (Å²) in [5, 5.41) is 12.0. The van der Waals surface area contributed by atoms with Gasteiger partial charge in [-0.2, -0.15) is 0 Å². The molecule has 2 N–H and O–H groups in total. The van der Waals surface area contributed by atoms with Gasteiger partial charge in [0.05, 0.1) is 12.6 Å². The lowest BCUT2D eigenvalue weighted by atomic mass is 10.1. The van der Waals surface area contributed by atoms with Crippen molar-refractivity contribution in [2.45, 2.75) is 32.3 Å². The molecule has 1 aliphatic heterocycles. The highest BCUT2D eigenvalue weighted by molar-refractivity contribution is 5.85. The number of likely N-dealkylation sites (tertiary alicyclic amines) is 1. The largest absolute Gasteiger partial charge is 0.391 e. The molecule has 1 heterocycles. The summed E-state index contributed by atoms with van der Waals surface area (Å²) < 4.78 is 0. The van der Waals surface area contributed by atoms with Gasteiger partial charge in [0, 0.05) is 19.5 Å². The number of carbonyl (C=O) groups is 2. The van der Waals surface area contributed by atoms with Crippen molar-refractivity contribution in [3.05, 3.63) is 35.4 Å². The predicted molar refractivity (Wildman–Crippen MR) is 79.7 cm³/mol. The van der Waals surface area contributed by atoms with E-state index in [9.17, 15) is 14.7 Å². The summed E-state index contributed by atoms with van der Waals surface area (Å²) in [5.41, 5.74) is 2.31. The number of aliphatic hydroxyl groups is 1. The van der Waals surface area contributed by atoms with E-state index >= 15 is 0 Å². The molecule has 1 saturated heterocycles. The molecule has 21 heavy (non-hydrogen) atoms. The van der Waals surface area contributed by atoms with Crippen molar-refractivity contribution in [3.8, 4) is 0 Å². The number of carbonyl (C=O) groups excluding carboxylic acids is 2. The summed E-state index contributed by atoms with van der Waals surface area (Å²) in [7, 11) is 0. The van der Waals surface area contributed by atoms with Crippen molar-refractivity contribution in [1.29, 1.82) is 0 Å². The minimum Gasteiger partial charge on any atom is -0.391 e. The Labute approximate surface area is 125 Å². The molecule has 0 saturated carbocycles. The van der Waals surface area contributed by atoms with Gasteiger partial charge in [0.2, 0.25) is 11.8 Å². The van der Waals surface area contributed by atoms with Gasteiger partial charge in [0.15, 0.2) is 0 Å². The fraction of sp³-hybridized carbons (Fsp3) is 0.500. The first-order valence-electron chi connectivity index (χ1n) is 7.32. The van der Waals surface area contributed by atoms with Crippen LogP contribution in [0.2, 0.25) is 0 Å². The maximum absolute atomic E-state index is 11.8. The van der Waals surface area contributed by atoms with E-state index in [1.807, 2.05) is 31.2 Å². The van der Waals surface area contributed by atoms with Gasteiger partial charge < -0.3 is 15.3 Å². The lowest BCUT2D eigenvalue weighted by Gasteiger charge is -2.15. The second kappa shape index (κ2) is 7.22. The Morgan fingerprint density at radius 3 is 2.67 bits per heavy atom. The monoisotopic (exact) mass is 290 g/mol. The third-order valence-corrected chi connectivity index (χ3v) is 3.71. The Morgan fingerprint density at radius 2 is 2.05 bits per heavy atom. The average Bonchev–Trinajstić information content (AvgIpc) is 2.91. The minimum atomic E-state index is -0.425. The van der Waals surface area contributed by atoms with Crippen LogP contribution in [0.3, 0.4) is 0 Å². The molecule has 1 aliphatic rings. The number of β-amino-alcohol motifs (C(OH)–C–C–N with tert-alkyl or cyclic N) is 1. The molecule has 0 radical (unpaired) electrons. The zero-order chi connectivity index (χ0) is 15.2. The van der Waals surface area contributed by atoms with E-state index in [4.69, 9.17) is 0 Å². The van der Waals surface area contributed by atoms with Crippen LogP contribution in [0.4, 0.5) is 0 Å². The Hall–Kier alpha value is -1.88. The third kappa shape index (κ3) is 4.86. The van der Waals surface area contributed by atoms with Crippen LogP contribution < -0.4 is 5.32 Å². The van der Waals surface area contributed by atoms with Crippen LogP contribution in [0.1, 0.15) is 24.0 Å². The Morgan fingerprint density at radius 1 is 1.33 bits per heavy atom. The highest BCUT2D eigenvalue weighted by Crippen LogP contribution is 2.08. The molecule has 1 atom stereocenters. The molecule has 0 aliphatic carbocycles. The lowest BCUT2D eigenvalue weighted by Crippen LogP contribution is -2.39. The van der Waals surface area contributed by atoms with E-state index in [-0.39, 0.29) is 18.4 Å². The van der Waals surface area contributed by atoms with E-state index in [0.29, 0.717) is 32.4 Å². The summed E-state index contributed by atoms with van der Waals surface area (Å²) >= 11 is 0. The fourth-order valence-corrected chi connectivity index (χ4v) is 2.36. The van der Waals surface area contributed by atoms with Crippen LogP contribution in [0.5, 0.6) is 0 Å². The number of rotatable bonds is 5. The Kier molecular flexibility index (Phi) is 5.33. The number of nitrogens with zero attached hydrogens (tertiary/aromatic N) is 1. The number of nitrogens with one attached hydrogen (secondary N) is 1. The van der Waals surface area contributed by atoms with Crippen molar-refractivity contribution in [2.24, 2.45) is 0 Å². The standard InChI is InChI=1S/C16H22N2O3/c1-12-2-4-13(5-3-12)6-7-15(20)17-10-16(21)18-9-8-14(19)11-18/h2-5,14,19H,6-11H2,1H3,(H,17,20)/t14-/m1/s1. The van der Waals surface area contributed by atoms with Crippen molar-refractivity contribution in [3.63, 3.8) is 0 Å². The molecule has 0 unspecified atom stereocenters. The average molecular weight is 290 g/mol. The van der Waals surface area contributed by atoms with Gasteiger partial charge in [0.25, 0.3) is 0 Å². The van der Waals surface area contributed by atoms with Crippen LogP contribution >= 0.6 is 0 Å². The van der Waals surface area contributed by atoms with Crippen LogP contribution in [-0.4, -0.2) is 47.6 Å². The third-order valence-electron chi connectivity index (χ3n) is 3.71. The molecule has 5 heteroatoms. The van der Waals surface area contributed by atoms with Gasteiger partial charge in [-0.15, -0.1) is 0 Å². The molecule has 0 aromatic heterocycles. The number of benzene rings is 1. The first-order chi connectivity index (χ1) is 10.0. The van der Waals surface area contributed by atoms with Crippen LogP contribution in [0.25, 0.3) is 0 Å². The summed E-state index contributed by atoms with van der Waals surface area (Å²) in [6, 6.07) is 8.07. The molecule has 0 spiro atoms. The fourth-order valence-electron chi connectivity index (χ4n) is 2.36. The predicted octanol–water partition coefficient (Wildman–Crippen LogP) is 0.637. The Bertz CT molecular complexity index is 499. The number of aryl methyl sites for hydroxylation is 2. The van der Waals surface area contributed by atoms with Crippen LogP contribution in [0.15, 0.2) is 24.3 Å². The van der Waals surface area contributed by atoms with Gasteiger partial charge >= 0.3 is 0 Å². The quantitative estimate of drug-likeness (QED) is 0.836. The first kappa shape index (κ1) is 15.5. The van der Waals surface area contributed by atoms with Crippen molar-refractivity contribution < 1.29 is 14.7 Å². The van der Waals surface area contributed by atoms with Gasteiger partial charge in [-0.1, -0.05) is 29.8 Å². The molecule has 2 rings (SSSR count). The zero-order valence-electron chi connectivity index (χ0n) is 12.3. The maximum atomic E-state index is 11.8. The summed E-state index contributed by atoms with van der Waals surface area (Å²) in [6.45, 7) is 2.98. The van der Waals surface area contributed by atoms with Crippen LogP contribution in [-0.2, 0) is 16.0 Å². The smallest absolute Gasteiger partial charge is 0.242 e. The van der Waals surface area contributed by atoms with E-state index in [0.717, 1.165) is 5.56 Å². The highest BCUT2D eigenvalue weighted by Gasteiger charge is 2.24. The number of aliphatic hydroxyl groups excluding tert-OH is 1. The normalized spacial score (nSPS) is 17.8. The zero-order valence-corrected chi connectivity index (χ0v) is 12.3. The van der Waals surface area contributed by atoms with E-state index < -0.39 is 6.10 Å². The Balaban J connectivity index is 1.67. The second-order valence-corrected chi connectivity index (χ2v) is 5.54. The van der Waals surface area contributed by atoms with E-state index in [1.54, 1.807) is 4.90 Å². The van der Waals surface area contributed by atoms with E-state index in [1.165, 1.54) is 5.56 Å². The molecule has 0 bridgehead atoms. The topological polar surface area (TPSA) is 69.6 Å². The van der Waals surface area contributed by atoms with Crippen LogP contribution in [0, 0.1) is 6.92 Å². The maximum Gasteiger partial charge on any atom is 0.242 e. The molecular weight excluding hydrogens is 268 g/mol. The minimum absolute atomic E-state index is 0.0133. The van der Waals surface area contributed by atoms with Gasteiger partial charge in [-0.05, 0) is 25.3 Å². The van der Waals surface area contributed by atoms with Crippen molar-refractivity contribution >= 4 is 11.8 Å². The number of amides is 2. The summed E-state index contributed by atoms with van der Waals surface area (Å²) in [6.07, 6.45) is 1.24. The summed E-state index contributed by atoms with van der Waals surface area (Å²) in [5.74, 6) is -0.251.